The van der Waals surface area contributed by atoms with Crippen LogP contribution in [0, 0.1) is 0 Å². The average Bonchev–Trinajstić information content (AvgIpc) is 2.71. The smallest absolute Gasteiger partial charge is 0.265 e. The fourth-order valence-electron chi connectivity index (χ4n) is 3.88. The summed E-state index contributed by atoms with van der Waals surface area (Å²) in [6.45, 7) is 6.23. The molecular formula is C24H31NO2. The van der Waals surface area contributed by atoms with Gasteiger partial charge in [0.15, 0.2) is 6.10 Å². The molecule has 0 aliphatic heterocycles. The molecule has 0 heterocycles. The maximum atomic E-state index is 12.9. The number of anilines is 1. The van der Waals surface area contributed by atoms with Crippen molar-refractivity contribution < 1.29 is 9.53 Å². The number of benzene rings is 2. The Morgan fingerprint density at radius 2 is 1.67 bits per heavy atom. The van der Waals surface area contributed by atoms with Gasteiger partial charge in [-0.3, -0.25) is 4.79 Å². The van der Waals surface area contributed by atoms with E-state index in [0.29, 0.717) is 6.42 Å². The van der Waals surface area contributed by atoms with Gasteiger partial charge in [-0.2, -0.15) is 0 Å². The van der Waals surface area contributed by atoms with E-state index in [0.717, 1.165) is 37.1 Å². The minimum atomic E-state index is -0.485. The fourth-order valence-corrected chi connectivity index (χ4v) is 3.88. The Balaban J connectivity index is 1.75. The molecule has 0 saturated carbocycles. The minimum absolute atomic E-state index is 0.0641. The van der Waals surface area contributed by atoms with Crippen LogP contribution in [-0.4, -0.2) is 12.0 Å². The molecule has 2 aromatic rings. The summed E-state index contributed by atoms with van der Waals surface area (Å²) in [5.41, 5.74) is 6.10. The molecule has 144 valence electrons. The summed E-state index contributed by atoms with van der Waals surface area (Å²) in [6, 6.07) is 12.5. The molecular weight excluding hydrogens is 334 g/mol. The van der Waals surface area contributed by atoms with Gasteiger partial charge in [0.2, 0.25) is 0 Å². The fraction of sp³-hybridized carbons (Fsp3) is 0.458. The molecule has 1 N–H and O–H groups in total. The molecule has 3 nitrogen and oxygen atoms in total. The number of fused-ring (bicyclic) bond motifs is 1. The zero-order chi connectivity index (χ0) is 19.2. The first-order valence-electron chi connectivity index (χ1n) is 10.4. The lowest BCUT2D eigenvalue weighted by atomic mass is 9.92. The van der Waals surface area contributed by atoms with E-state index in [1.807, 2.05) is 13.0 Å². The maximum absolute atomic E-state index is 12.9. The van der Waals surface area contributed by atoms with Gasteiger partial charge < -0.3 is 10.1 Å². The van der Waals surface area contributed by atoms with E-state index in [-0.39, 0.29) is 5.91 Å². The normalized spacial score (nSPS) is 14.3. The minimum Gasteiger partial charge on any atom is -0.481 e. The number of hydrogen-bond acceptors (Lipinski definition) is 2. The number of ether oxygens (including phenoxy) is 1. The van der Waals surface area contributed by atoms with Crippen molar-refractivity contribution in [2.75, 3.05) is 5.32 Å². The molecule has 0 spiro atoms. The molecule has 3 rings (SSSR count). The van der Waals surface area contributed by atoms with Gasteiger partial charge in [0.1, 0.15) is 5.75 Å². The topological polar surface area (TPSA) is 38.3 Å². The molecule has 0 radical (unpaired) electrons. The second kappa shape index (κ2) is 9.07. The van der Waals surface area contributed by atoms with Gasteiger partial charge in [-0.05, 0) is 79.3 Å². The van der Waals surface area contributed by atoms with E-state index >= 15 is 0 Å². The first kappa shape index (κ1) is 19.5. The molecule has 1 amide bonds. The zero-order valence-electron chi connectivity index (χ0n) is 16.8. The lowest BCUT2D eigenvalue weighted by Crippen LogP contribution is -2.33. The van der Waals surface area contributed by atoms with E-state index in [9.17, 15) is 4.79 Å². The van der Waals surface area contributed by atoms with Crippen molar-refractivity contribution in [3.8, 4) is 5.75 Å². The van der Waals surface area contributed by atoms with E-state index in [4.69, 9.17) is 4.74 Å². The van der Waals surface area contributed by atoms with E-state index in [2.05, 4.69) is 49.5 Å². The summed E-state index contributed by atoms with van der Waals surface area (Å²) in [4.78, 5) is 12.9. The molecule has 3 heteroatoms. The Hall–Kier alpha value is -2.29. The molecule has 2 aromatic carbocycles. The maximum Gasteiger partial charge on any atom is 0.265 e. The molecule has 1 unspecified atom stereocenters. The Labute approximate surface area is 163 Å². The monoisotopic (exact) mass is 365 g/mol. The predicted octanol–water partition coefficient (Wildman–Crippen LogP) is 5.49. The summed E-state index contributed by atoms with van der Waals surface area (Å²) in [6.07, 6.45) is 6.71. The van der Waals surface area contributed by atoms with Crippen LogP contribution in [0.4, 0.5) is 5.69 Å². The van der Waals surface area contributed by atoms with Gasteiger partial charge in [0.25, 0.3) is 5.91 Å². The molecule has 27 heavy (non-hydrogen) atoms. The summed E-state index contributed by atoms with van der Waals surface area (Å²) >= 11 is 0. The third-order valence-corrected chi connectivity index (χ3v) is 5.51. The number of carbonyl (C=O) groups excluding carboxylic acids is 1. The van der Waals surface area contributed by atoms with Crippen molar-refractivity contribution in [2.45, 2.75) is 71.8 Å². The SMILES string of the molecule is CCc1cccc(CC)c1NC(=O)C(CC)Oc1ccc2c(c1)CCCC2. The molecule has 0 saturated heterocycles. The second-order valence-electron chi connectivity index (χ2n) is 7.30. The van der Waals surface area contributed by atoms with Crippen molar-refractivity contribution in [1.29, 1.82) is 0 Å². The van der Waals surface area contributed by atoms with Crippen molar-refractivity contribution in [2.24, 2.45) is 0 Å². The third kappa shape index (κ3) is 4.52. The molecule has 1 atom stereocenters. The molecule has 0 aromatic heterocycles. The summed E-state index contributed by atoms with van der Waals surface area (Å²) in [7, 11) is 0. The van der Waals surface area contributed by atoms with Crippen LogP contribution in [0.3, 0.4) is 0 Å². The van der Waals surface area contributed by atoms with Crippen LogP contribution >= 0.6 is 0 Å². The van der Waals surface area contributed by atoms with Crippen molar-refractivity contribution in [3.05, 3.63) is 58.7 Å². The van der Waals surface area contributed by atoms with Crippen LogP contribution < -0.4 is 10.1 Å². The van der Waals surface area contributed by atoms with Crippen LogP contribution in [0.2, 0.25) is 0 Å². The first-order valence-corrected chi connectivity index (χ1v) is 10.4. The zero-order valence-corrected chi connectivity index (χ0v) is 16.8. The highest BCUT2D eigenvalue weighted by Crippen LogP contribution is 2.27. The lowest BCUT2D eigenvalue weighted by molar-refractivity contribution is -0.122. The van der Waals surface area contributed by atoms with Crippen LogP contribution in [0.25, 0.3) is 0 Å². The van der Waals surface area contributed by atoms with Crippen molar-refractivity contribution in [1.82, 2.24) is 0 Å². The van der Waals surface area contributed by atoms with Gasteiger partial charge in [-0.15, -0.1) is 0 Å². The van der Waals surface area contributed by atoms with E-state index < -0.39 is 6.10 Å². The Morgan fingerprint density at radius 3 is 2.30 bits per heavy atom. The lowest BCUT2D eigenvalue weighted by Gasteiger charge is -2.22. The second-order valence-corrected chi connectivity index (χ2v) is 7.30. The van der Waals surface area contributed by atoms with Crippen LogP contribution in [0.1, 0.15) is 62.3 Å². The number of carbonyl (C=O) groups is 1. The van der Waals surface area contributed by atoms with E-state index in [1.54, 1.807) is 0 Å². The quantitative estimate of drug-likeness (QED) is 0.705. The Bertz CT molecular complexity index is 775. The van der Waals surface area contributed by atoms with Crippen LogP contribution in [0.15, 0.2) is 36.4 Å². The predicted molar refractivity (Wildman–Crippen MR) is 112 cm³/mol. The van der Waals surface area contributed by atoms with Gasteiger partial charge in [-0.1, -0.05) is 45.0 Å². The molecule has 0 fully saturated rings. The number of aryl methyl sites for hydroxylation is 4. The third-order valence-electron chi connectivity index (χ3n) is 5.51. The number of nitrogens with one attached hydrogen (secondary N) is 1. The van der Waals surface area contributed by atoms with Gasteiger partial charge in [-0.25, -0.2) is 0 Å². The largest absolute Gasteiger partial charge is 0.481 e. The number of rotatable bonds is 7. The van der Waals surface area contributed by atoms with Crippen LogP contribution in [-0.2, 0) is 30.5 Å². The standard InChI is InChI=1S/C24H31NO2/c1-4-17-12-9-13-18(5-2)23(17)25-24(26)22(6-3)27-21-15-14-19-10-7-8-11-20(19)16-21/h9,12-16,22H,4-8,10-11H2,1-3H3,(H,25,26). The van der Waals surface area contributed by atoms with Gasteiger partial charge in [0.05, 0.1) is 0 Å². The summed E-state index contributed by atoms with van der Waals surface area (Å²) < 4.78 is 6.10. The van der Waals surface area contributed by atoms with E-state index in [1.165, 1.54) is 35.1 Å². The highest BCUT2D eigenvalue weighted by Gasteiger charge is 2.21. The highest BCUT2D eigenvalue weighted by atomic mass is 16.5. The number of hydrogen-bond donors (Lipinski definition) is 1. The summed E-state index contributed by atoms with van der Waals surface area (Å²) in [5, 5.41) is 3.15. The van der Waals surface area contributed by atoms with Crippen LogP contribution in [0.5, 0.6) is 5.75 Å². The number of amides is 1. The molecule has 0 bridgehead atoms. The van der Waals surface area contributed by atoms with Crippen molar-refractivity contribution >= 4 is 11.6 Å². The molecule has 1 aliphatic rings. The first-order chi connectivity index (χ1) is 13.2. The summed E-state index contributed by atoms with van der Waals surface area (Å²) in [5.74, 6) is 0.739. The number of para-hydroxylation sites is 1. The highest BCUT2D eigenvalue weighted by molar-refractivity contribution is 5.95. The van der Waals surface area contributed by atoms with Gasteiger partial charge >= 0.3 is 0 Å². The van der Waals surface area contributed by atoms with Crippen molar-refractivity contribution in [3.63, 3.8) is 0 Å². The average molecular weight is 366 g/mol. The Morgan fingerprint density at radius 1 is 1.00 bits per heavy atom. The molecule has 1 aliphatic carbocycles. The van der Waals surface area contributed by atoms with Gasteiger partial charge in [0, 0.05) is 5.69 Å². The Kier molecular flexibility index (Phi) is 6.54.